The molecule has 0 bridgehead atoms. The number of anilines is 2. The zero-order valence-electron chi connectivity index (χ0n) is 17.0. The van der Waals surface area contributed by atoms with E-state index in [1.165, 1.54) is 12.1 Å². The third kappa shape index (κ3) is 4.84. The molecule has 2 aliphatic rings. The van der Waals surface area contributed by atoms with Crippen LogP contribution in [0.3, 0.4) is 0 Å². The van der Waals surface area contributed by atoms with Crippen molar-refractivity contribution in [1.82, 2.24) is 4.90 Å². The number of amides is 2. The zero-order chi connectivity index (χ0) is 22.0. The lowest BCUT2D eigenvalue weighted by atomic mass is 10.0. The summed E-state index contributed by atoms with van der Waals surface area (Å²) in [5, 5.41) is 2.94. The minimum absolute atomic E-state index is 0.000828. The van der Waals surface area contributed by atoms with Crippen LogP contribution in [0.15, 0.2) is 48.5 Å². The molecule has 2 aromatic rings. The van der Waals surface area contributed by atoms with Crippen molar-refractivity contribution in [3.63, 3.8) is 0 Å². The number of rotatable bonds is 3. The second-order valence-electron chi connectivity index (χ2n) is 7.99. The predicted molar refractivity (Wildman–Crippen MR) is 112 cm³/mol. The van der Waals surface area contributed by atoms with E-state index in [-0.39, 0.29) is 24.3 Å². The minimum Gasteiger partial charge on any atom is -0.366 e. The molecule has 5 nitrogen and oxygen atoms in total. The Balaban J connectivity index is 1.36. The minimum atomic E-state index is -4.38. The van der Waals surface area contributed by atoms with Crippen molar-refractivity contribution in [3.05, 3.63) is 59.7 Å². The molecule has 0 spiro atoms. The van der Waals surface area contributed by atoms with Crippen LogP contribution < -0.4 is 10.2 Å². The first-order valence-corrected chi connectivity index (χ1v) is 10.4. The molecule has 0 radical (unpaired) electrons. The lowest BCUT2D eigenvalue weighted by Crippen LogP contribution is -2.47. The van der Waals surface area contributed by atoms with Gasteiger partial charge in [0.05, 0.1) is 23.4 Å². The maximum Gasteiger partial charge on any atom is 0.416 e. The van der Waals surface area contributed by atoms with Crippen molar-refractivity contribution < 1.29 is 22.8 Å². The SMILES string of the molecule is O=C1CCN(C2CCN(C(=O)Cc3ccc(C(F)(F)F)cc3)CC2)c2ccccc2N1. The number of hydrogen-bond donors (Lipinski definition) is 1. The number of alkyl halides is 3. The first-order valence-electron chi connectivity index (χ1n) is 10.4. The smallest absolute Gasteiger partial charge is 0.366 e. The third-order valence-electron chi connectivity index (χ3n) is 5.96. The molecular formula is C23H24F3N3O2. The van der Waals surface area contributed by atoms with Crippen molar-refractivity contribution >= 4 is 23.2 Å². The molecule has 2 amide bonds. The topological polar surface area (TPSA) is 52.7 Å². The average molecular weight is 431 g/mol. The van der Waals surface area contributed by atoms with Gasteiger partial charge in [-0.1, -0.05) is 24.3 Å². The van der Waals surface area contributed by atoms with Gasteiger partial charge in [0.1, 0.15) is 0 Å². The van der Waals surface area contributed by atoms with Crippen LogP contribution in [0.5, 0.6) is 0 Å². The lowest BCUT2D eigenvalue weighted by molar-refractivity contribution is -0.137. The van der Waals surface area contributed by atoms with Crippen LogP contribution in [0.2, 0.25) is 0 Å². The molecule has 0 aliphatic carbocycles. The van der Waals surface area contributed by atoms with Crippen LogP contribution in [-0.2, 0) is 22.2 Å². The van der Waals surface area contributed by atoms with Gasteiger partial charge in [0.15, 0.2) is 0 Å². The number of nitrogens with zero attached hydrogens (tertiary/aromatic N) is 2. The molecule has 8 heteroatoms. The molecule has 2 aromatic carbocycles. The Kier molecular flexibility index (Phi) is 5.89. The van der Waals surface area contributed by atoms with Gasteiger partial charge in [-0.3, -0.25) is 9.59 Å². The molecule has 2 heterocycles. The third-order valence-corrected chi connectivity index (χ3v) is 5.96. The van der Waals surface area contributed by atoms with E-state index in [0.717, 1.165) is 36.3 Å². The van der Waals surface area contributed by atoms with Crippen LogP contribution in [0.4, 0.5) is 24.5 Å². The number of carbonyl (C=O) groups excluding carboxylic acids is 2. The Morgan fingerprint density at radius 2 is 1.68 bits per heavy atom. The van der Waals surface area contributed by atoms with Gasteiger partial charge >= 0.3 is 6.18 Å². The quantitative estimate of drug-likeness (QED) is 0.797. The van der Waals surface area contributed by atoms with E-state index in [9.17, 15) is 22.8 Å². The fourth-order valence-electron chi connectivity index (χ4n) is 4.29. The fourth-order valence-corrected chi connectivity index (χ4v) is 4.29. The fraction of sp³-hybridized carbons (Fsp3) is 0.391. The highest BCUT2D eigenvalue weighted by molar-refractivity contribution is 5.96. The monoisotopic (exact) mass is 431 g/mol. The first-order chi connectivity index (χ1) is 14.8. The molecule has 0 atom stereocenters. The maximum absolute atomic E-state index is 12.7. The number of carbonyl (C=O) groups is 2. The normalized spacial score (nSPS) is 17.7. The number of likely N-dealkylation sites (tertiary alicyclic amines) is 1. The van der Waals surface area contributed by atoms with Crippen LogP contribution in [-0.4, -0.2) is 42.4 Å². The Bertz CT molecular complexity index is 951. The van der Waals surface area contributed by atoms with Gasteiger partial charge in [-0.2, -0.15) is 13.2 Å². The van der Waals surface area contributed by atoms with E-state index in [2.05, 4.69) is 10.2 Å². The number of nitrogens with one attached hydrogen (secondary N) is 1. The summed E-state index contributed by atoms with van der Waals surface area (Å²) in [6, 6.07) is 12.7. The Morgan fingerprint density at radius 3 is 2.35 bits per heavy atom. The highest BCUT2D eigenvalue weighted by Gasteiger charge is 2.31. The molecular weight excluding hydrogens is 407 g/mol. The summed E-state index contributed by atoms with van der Waals surface area (Å²) in [5.74, 6) is -0.0783. The number of piperidine rings is 1. The standard InChI is InChI=1S/C23H24F3N3O2/c24-23(25,26)17-7-5-16(6-8-17)15-22(31)28-12-9-18(10-13-28)29-14-11-21(30)27-19-3-1-2-4-20(19)29/h1-8,18H,9-15H2,(H,27,30). The van der Waals surface area contributed by atoms with Crippen LogP contribution in [0, 0.1) is 0 Å². The molecule has 1 fully saturated rings. The molecule has 1 N–H and O–H groups in total. The summed E-state index contributed by atoms with van der Waals surface area (Å²) >= 11 is 0. The number of hydrogen-bond acceptors (Lipinski definition) is 3. The Hall–Kier alpha value is -3.03. The van der Waals surface area contributed by atoms with Gasteiger partial charge in [-0.25, -0.2) is 0 Å². The van der Waals surface area contributed by atoms with Gasteiger partial charge in [-0.05, 0) is 42.7 Å². The Labute approximate surface area is 178 Å². The number of fused-ring (bicyclic) bond motifs is 1. The van der Waals surface area contributed by atoms with Gasteiger partial charge in [0.2, 0.25) is 11.8 Å². The van der Waals surface area contributed by atoms with E-state index in [1.807, 2.05) is 24.3 Å². The molecule has 1 saturated heterocycles. The molecule has 31 heavy (non-hydrogen) atoms. The molecule has 4 rings (SSSR count). The van der Waals surface area contributed by atoms with E-state index in [4.69, 9.17) is 0 Å². The highest BCUT2D eigenvalue weighted by atomic mass is 19.4. The molecule has 2 aliphatic heterocycles. The van der Waals surface area contributed by atoms with Crippen molar-refractivity contribution in [2.45, 2.75) is 37.9 Å². The van der Waals surface area contributed by atoms with E-state index in [0.29, 0.717) is 31.6 Å². The zero-order valence-corrected chi connectivity index (χ0v) is 17.0. The average Bonchev–Trinajstić information content (AvgIpc) is 2.92. The van der Waals surface area contributed by atoms with Crippen molar-refractivity contribution in [3.8, 4) is 0 Å². The molecule has 0 unspecified atom stereocenters. The van der Waals surface area contributed by atoms with Crippen LogP contribution in [0.25, 0.3) is 0 Å². The summed E-state index contributed by atoms with van der Waals surface area (Å²) < 4.78 is 38.1. The van der Waals surface area contributed by atoms with Crippen LogP contribution in [0.1, 0.15) is 30.4 Å². The first kappa shape index (κ1) is 21.2. The summed E-state index contributed by atoms with van der Waals surface area (Å²) in [6.45, 7) is 1.81. The van der Waals surface area contributed by atoms with Gasteiger partial charge in [-0.15, -0.1) is 0 Å². The summed E-state index contributed by atoms with van der Waals surface area (Å²) in [7, 11) is 0. The number of benzene rings is 2. The predicted octanol–water partition coefficient (Wildman–Crippen LogP) is 4.09. The Morgan fingerprint density at radius 1 is 1.00 bits per heavy atom. The van der Waals surface area contributed by atoms with E-state index < -0.39 is 11.7 Å². The molecule has 164 valence electrons. The second kappa shape index (κ2) is 8.61. The van der Waals surface area contributed by atoms with Crippen molar-refractivity contribution in [2.24, 2.45) is 0 Å². The van der Waals surface area contributed by atoms with Crippen molar-refractivity contribution in [2.75, 3.05) is 29.9 Å². The van der Waals surface area contributed by atoms with Crippen molar-refractivity contribution in [1.29, 1.82) is 0 Å². The van der Waals surface area contributed by atoms with E-state index >= 15 is 0 Å². The van der Waals surface area contributed by atoms with Gasteiger partial charge in [0.25, 0.3) is 0 Å². The second-order valence-corrected chi connectivity index (χ2v) is 7.99. The molecule has 0 aromatic heterocycles. The summed E-state index contributed by atoms with van der Waals surface area (Å²) in [4.78, 5) is 28.7. The van der Waals surface area contributed by atoms with Gasteiger partial charge in [0, 0.05) is 32.1 Å². The number of halogens is 3. The lowest BCUT2D eigenvalue weighted by Gasteiger charge is -2.39. The van der Waals surface area contributed by atoms with Gasteiger partial charge < -0.3 is 15.1 Å². The largest absolute Gasteiger partial charge is 0.416 e. The molecule has 0 saturated carbocycles. The summed E-state index contributed by atoms with van der Waals surface area (Å²) in [6.07, 6.45) is -2.31. The number of para-hydroxylation sites is 2. The maximum atomic E-state index is 12.7. The summed E-state index contributed by atoms with van der Waals surface area (Å²) in [5.41, 5.74) is 1.68. The van der Waals surface area contributed by atoms with Crippen LogP contribution >= 0.6 is 0 Å². The van der Waals surface area contributed by atoms with E-state index in [1.54, 1.807) is 4.90 Å². The highest BCUT2D eigenvalue weighted by Crippen LogP contribution is 2.33.